The Kier molecular flexibility index (Phi) is 4.26. The molecule has 1 heterocycles. The molecule has 0 atom stereocenters. The van der Waals surface area contributed by atoms with Crippen LogP contribution in [0.25, 0.3) is 11.3 Å². The number of rotatable bonds is 4. The zero-order valence-corrected chi connectivity index (χ0v) is 12.5. The van der Waals surface area contributed by atoms with Gasteiger partial charge >= 0.3 is 0 Å². The van der Waals surface area contributed by atoms with E-state index in [9.17, 15) is 4.79 Å². The summed E-state index contributed by atoms with van der Waals surface area (Å²) in [7, 11) is 0. The van der Waals surface area contributed by atoms with Crippen molar-refractivity contribution >= 4 is 11.6 Å². The number of para-hydroxylation sites is 1. The molecule has 3 rings (SSSR count). The first-order chi connectivity index (χ1) is 10.7. The van der Waals surface area contributed by atoms with Crippen molar-refractivity contribution in [2.75, 3.05) is 0 Å². The van der Waals surface area contributed by atoms with Gasteiger partial charge in [-0.2, -0.15) is 0 Å². The summed E-state index contributed by atoms with van der Waals surface area (Å²) in [4.78, 5) is 14.3. The molecule has 110 valence electrons. The maximum absolute atomic E-state index is 11.5. The fourth-order valence-electron chi connectivity index (χ4n) is 2.19. The topological polar surface area (TPSA) is 42.1 Å². The molecule has 0 fully saturated rings. The number of pyridine rings is 1. The van der Waals surface area contributed by atoms with E-state index in [1.165, 1.54) is 6.07 Å². The van der Waals surface area contributed by atoms with Crippen molar-refractivity contribution in [3.8, 4) is 17.0 Å². The van der Waals surface area contributed by atoms with Crippen molar-refractivity contribution in [3.63, 3.8) is 0 Å². The highest BCUT2D eigenvalue weighted by molar-refractivity contribution is 6.31. The van der Waals surface area contributed by atoms with Crippen LogP contribution in [0.5, 0.6) is 5.75 Å². The third kappa shape index (κ3) is 3.21. The standard InChI is InChI=1S/C18H14ClNO2/c19-15-8-3-1-6-13(15)12-22-17-10-4-2-7-14(17)16-9-5-11-18(21)20-16/h1-11H,12H2,(H,20,21). The monoisotopic (exact) mass is 311 g/mol. The highest BCUT2D eigenvalue weighted by atomic mass is 35.5. The van der Waals surface area contributed by atoms with E-state index in [1.807, 2.05) is 54.6 Å². The van der Waals surface area contributed by atoms with Gasteiger partial charge in [0.15, 0.2) is 0 Å². The average Bonchev–Trinajstić information content (AvgIpc) is 2.54. The predicted octanol–water partition coefficient (Wildman–Crippen LogP) is 4.27. The second kappa shape index (κ2) is 6.50. The predicted molar refractivity (Wildman–Crippen MR) is 88.3 cm³/mol. The molecule has 0 aliphatic carbocycles. The maximum atomic E-state index is 11.5. The van der Waals surface area contributed by atoms with Crippen LogP contribution in [0.2, 0.25) is 5.02 Å². The number of halogens is 1. The lowest BCUT2D eigenvalue weighted by molar-refractivity contribution is 0.307. The van der Waals surface area contributed by atoms with E-state index in [1.54, 1.807) is 6.07 Å². The summed E-state index contributed by atoms with van der Waals surface area (Å²) in [5.41, 5.74) is 2.34. The van der Waals surface area contributed by atoms with Gasteiger partial charge in [0.25, 0.3) is 0 Å². The number of H-pyrrole nitrogens is 1. The summed E-state index contributed by atoms with van der Waals surface area (Å²) in [5.74, 6) is 0.698. The Morgan fingerprint density at radius 3 is 2.50 bits per heavy atom. The third-order valence-corrected chi connectivity index (χ3v) is 3.66. The largest absolute Gasteiger partial charge is 0.488 e. The van der Waals surface area contributed by atoms with E-state index in [0.717, 1.165) is 16.8 Å². The highest BCUT2D eigenvalue weighted by Gasteiger charge is 2.07. The van der Waals surface area contributed by atoms with E-state index in [0.29, 0.717) is 17.4 Å². The number of ether oxygens (including phenoxy) is 1. The normalized spacial score (nSPS) is 10.4. The van der Waals surface area contributed by atoms with Crippen molar-refractivity contribution < 1.29 is 4.74 Å². The Morgan fingerprint density at radius 1 is 0.909 bits per heavy atom. The maximum Gasteiger partial charge on any atom is 0.248 e. The number of aromatic nitrogens is 1. The molecule has 0 saturated carbocycles. The summed E-state index contributed by atoms with van der Waals surface area (Å²) in [6.07, 6.45) is 0. The Hall–Kier alpha value is -2.52. The number of benzene rings is 2. The fraction of sp³-hybridized carbons (Fsp3) is 0.0556. The summed E-state index contributed by atoms with van der Waals surface area (Å²) in [6.45, 7) is 0.369. The second-order valence-electron chi connectivity index (χ2n) is 4.80. The van der Waals surface area contributed by atoms with Crippen molar-refractivity contribution in [1.29, 1.82) is 0 Å². The van der Waals surface area contributed by atoms with Crippen LogP contribution in [-0.2, 0) is 6.61 Å². The molecular formula is C18H14ClNO2. The molecule has 0 aliphatic rings. The minimum absolute atomic E-state index is 0.140. The van der Waals surface area contributed by atoms with Crippen LogP contribution in [-0.4, -0.2) is 4.98 Å². The molecule has 0 radical (unpaired) electrons. The van der Waals surface area contributed by atoms with E-state index in [4.69, 9.17) is 16.3 Å². The van der Waals surface area contributed by atoms with Crippen LogP contribution in [0, 0.1) is 0 Å². The minimum atomic E-state index is -0.140. The van der Waals surface area contributed by atoms with Crippen molar-refractivity contribution in [3.05, 3.63) is 87.7 Å². The van der Waals surface area contributed by atoms with Gasteiger partial charge in [-0.05, 0) is 24.3 Å². The quantitative estimate of drug-likeness (QED) is 0.781. The summed E-state index contributed by atoms with van der Waals surface area (Å²) in [5, 5.41) is 0.674. The first kappa shape index (κ1) is 14.4. The number of nitrogens with one attached hydrogen (secondary N) is 1. The van der Waals surface area contributed by atoms with Gasteiger partial charge in [-0.3, -0.25) is 4.79 Å². The van der Waals surface area contributed by atoms with Gasteiger partial charge in [-0.25, -0.2) is 0 Å². The molecule has 0 amide bonds. The molecule has 0 spiro atoms. The van der Waals surface area contributed by atoms with Crippen LogP contribution in [0.3, 0.4) is 0 Å². The van der Waals surface area contributed by atoms with Gasteiger partial charge in [-0.1, -0.05) is 48.0 Å². The molecule has 22 heavy (non-hydrogen) atoms. The average molecular weight is 312 g/mol. The lowest BCUT2D eigenvalue weighted by atomic mass is 10.1. The van der Waals surface area contributed by atoms with Gasteiger partial charge in [-0.15, -0.1) is 0 Å². The smallest absolute Gasteiger partial charge is 0.248 e. The zero-order valence-electron chi connectivity index (χ0n) is 11.8. The van der Waals surface area contributed by atoms with Gasteiger partial charge in [0.05, 0.1) is 5.69 Å². The van der Waals surface area contributed by atoms with Gasteiger partial charge in [0, 0.05) is 22.2 Å². The van der Waals surface area contributed by atoms with Gasteiger partial charge < -0.3 is 9.72 Å². The molecule has 0 saturated heterocycles. The van der Waals surface area contributed by atoms with Crippen LogP contribution < -0.4 is 10.3 Å². The van der Waals surface area contributed by atoms with Crippen LogP contribution in [0.15, 0.2) is 71.5 Å². The van der Waals surface area contributed by atoms with Gasteiger partial charge in [0.2, 0.25) is 5.56 Å². The van der Waals surface area contributed by atoms with Crippen molar-refractivity contribution in [2.45, 2.75) is 6.61 Å². The highest BCUT2D eigenvalue weighted by Crippen LogP contribution is 2.29. The van der Waals surface area contributed by atoms with E-state index < -0.39 is 0 Å². The van der Waals surface area contributed by atoms with E-state index >= 15 is 0 Å². The molecule has 0 unspecified atom stereocenters. The van der Waals surface area contributed by atoms with E-state index in [-0.39, 0.29) is 5.56 Å². The van der Waals surface area contributed by atoms with Crippen molar-refractivity contribution in [2.24, 2.45) is 0 Å². The zero-order chi connectivity index (χ0) is 15.4. The molecule has 1 N–H and O–H groups in total. The Morgan fingerprint density at radius 2 is 1.68 bits per heavy atom. The summed E-state index contributed by atoms with van der Waals surface area (Å²) in [6, 6.07) is 20.2. The Balaban J connectivity index is 1.89. The molecule has 1 aromatic heterocycles. The lowest BCUT2D eigenvalue weighted by Crippen LogP contribution is -2.04. The number of hydrogen-bond donors (Lipinski definition) is 1. The first-order valence-corrected chi connectivity index (χ1v) is 7.27. The first-order valence-electron chi connectivity index (χ1n) is 6.89. The lowest BCUT2D eigenvalue weighted by Gasteiger charge is -2.12. The number of aromatic amines is 1. The van der Waals surface area contributed by atoms with Crippen LogP contribution in [0.1, 0.15) is 5.56 Å². The van der Waals surface area contributed by atoms with Gasteiger partial charge in [0.1, 0.15) is 12.4 Å². The van der Waals surface area contributed by atoms with Crippen molar-refractivity contribution in [1.82, 2.24) is 4.98 Å². The second-order valence-corrected chi connectivity index (χ2v) is 5.21. The summed E-state index contributed by atoms with van der Waals surface area (Å²) < 4.78 is 5.89. The molecular weight excluding hydrogens is 298 g/mol. The molecule has 4 heteroatoms. The van der Waals surface area contributed by atoms with Crippen LogP contribution >= 0.6 is 11.6 Å². The molecule has 0 bridgehead atoms. The van der Waals surface area contributed by atoms with E-state index in [2.05, 4.69) is 4.98 Å². The molecule has 3 aromatic rings. The molecule has 2 aromatic carbocycles. The SMILES string of the molecule is O=c1cccc(-c2ccccc2OCc2ccccc2Cl)[nH]1. The Bertz CT molecular complexity index is 842. The Labute approximate surface area is 133 Å². The minimum Gasteiger partial charge on any atom is -0.488 e. The molecule has 3 nitrogen and oxygen atoms in total. The molecule has 0 aliphatic heterocycles. The number of hydrogen-bond acceptors (Lipinski definition) is 2. The van der Waals surface area contributed by atoms with Crippen LogP contribution in [0.4, 0.5) is 0 Å². The fourth-order valence-corrected chi connectivity index (χ4v) is 2.38. The third-order valence-electron chi connectivity index (χ3n) is 3.29. The summed E-state index contributed by atoms with van der Waals surface area (Å²) >= 11 is 6.14.